The van der Waals surface area contributed by atoms with Gasteiger partial charge in [-0.05, 0) is 32.4 Å². The molecule has 2 aromatic heterocycles. The second kappa shape index (κ2) is 5.31. The second-order valence-electron chi connectivity index (χ2n) is 5.30. The molecule has 1 aliphatic rings. The zero-order valence-electron chi connectivity index (χ0n) is 12.0. The van der Waals surface area contributed by atoms with Gasteiger partial charge in [0, 0.05) is 31.1 Å². The van der Waals surface area contributed by atoms with Crippen molar-refractivity contribution in [2.24, 2.45) is 0 Å². The van der Waals surface area contributed by atoms with Crippen molar-refractivity contribution in [2.75, 3.05) is 37.3 Å². The third-order valence-electron chi connectivity index (χ3n) is 3.67. The molecule has 0 spiro atoms. The number of rotatable bonds is 2. The van der Waals surface area contributed by atoms with Crippen LogP contribution in [0.15, 0.2) is 5.38 Å². The maximum Gasteiger partial charge on any atom is 0.148 e. The second-order valence-corrected chi connectivity index (χ2v) is 7.12. The van der Waals surface area contributed by atoms with Crippen molar-refractivity contribution in [3.05, 3.63) is 10.4 Å². The maximum absolute atomic E-state index is 6.09. The van der Waals surface area contributed by atoms with Crippen LogP contribution in [0.1, 0.15) is 11.9 Å². The van der Waals surface area contributed by atoms with Crippen LogP contribution < -0.4 is 10.6 Å². The Hall–Kier alpha value is -1.18. The first kappa shape index (κ1) is 13.8. The van der Waals surface area contributed by atoms with Gasteiger partial charge in [0.25, 0.3) is 0 Å². The molecule has 20 heavy (non-hydrogen) atoms. The highest BCUT2D eigenvalue weighted by atomic mass is 32.1. The monoisotopic (exact) mass is 309 g/mol. The van der Waals surface area contributed by atoms with Crippen molar-refractivity contribution in [1.29, 1.82) is 0 Å². The Balaban J connectivity index is 1.99. The van der Waals surface area contributed by atoms with Crippen LogP contribution in [0.25, 0.3) is 11.3 Å². The number of aromatic nitrogens is 2. The number of nitrogens with two attached hydrogens (primary N) is 1. The first-order chi connectivity index (χ1) is 9.56. The number of anilines is 2. The summed E-state index contributed by atoms with van der Waals surface area (Å²) in [5.41, 5.74) is 8.06. The van der Waals surface area contributed by atoms with Gasteiger partial charge in [-0.1, -0.05) is 0 Å². The predicted octanol–water partition coefficient (Wildman–Crippen LogP) is 2.30. The standard InChI is InChI=1S/C13H19N5S2/c1-8-6-17(3)4-5-18(8)13-11(12(14)16-20-13)10-7-19-9(2)15-10/h7-8H,4-6H2,1-3H3,(H2,14,16). The molecule has 7 heteroatoms. The van der Waals surface area contributed by atoms with Gasteiger partial charge in [-0.2, -0.15) is 4.37 Å². The lowest BCUT2D eigenvalue weighted by molar-refractivity contribution is 0.276. The van der Waals surface area contributed by atoms with Crippen LogP contribution in [-0.4, -0.2) is 47.0 Å². The molecule has 1 fully saturated rings. The average Bonchev–Trinajstić information content (AvgIpc) is 2.96. The average molecular weight is 309 g/mol. The van der Waals surface area contributed by atoms with E-state index in [1.165, 1.54) is 11.5 Å². The van der Waals surface area contributed by atoms with Crippen LogP contribution in [0, 0.1) is 6.92 Å². The molecular formula is C13H19N5S2. The molecule has 0 radical (unpaired) electrons. The first-order valence-electron chi connectivity index (χ1n) is 6.69. The molecule has 1 unspecified atom stereocenters. The van der Waals surface area contributed by atoms with E-state index < -0.39 is 0 Å². The fourth-order valence-corrected chi connectivity index (χ4v) is 4.21. The van der Waals surface area contributed by atoms with Gasteiger partial charge in [-0.3, -0.25) is 0 Å². The first-order valence-corrected chi connectivity index (χ1v) is 8.34. The number of aryl methyl sites for hydroxylation is 1. The number of piperazine rings is 1. The Morgan fingerprint density at radius 1 is 1.40 bits per heavy atom. The summed E-state index contributed by atoms with van der Waals surface area (Å²) in [6.45, 7) is 7.41. The Labute approximate surface area is 127 Å². The molecule has 0 bridgehead atoms. The smallest absolute Gasteiger partial charge is 0.148 e. The van der Waals surface area contributed by atoms with Gasteiger partial charge >= 0.3 is 0 Å². The molecule has 2 N–H and O–H groups in total. The maximum atomic E-state index is 6.09. The van der Waals surface area contributed by atoms with Crippen molar-refractivity contribution in [1.82, 2.24) is 14.3 Å². The Morgan fingerprint density at radius 3 is 2.85 bits per heavy atom. The topological polar surface area (TPSA) is 58.3 Å². The molecule has 1 aliphatic heterocycles. The molecular weight excluding hydrogens is 290 g/mol. The quantitative estimate of drug-likeness (QED) is 0.922. The van der Waals surface area contributed by atoms with Crippen molar-refractivity contribution in [3.8, 4) is 11.3 Å². The van der Waals surface area contributed by atoms with Gasteiger partial charge in [0.15, 0.2) is 0 Å². The number of thiazole rings is 1. The van der Waals surface area contributed by atoms with E-state index in [4.69, 9.17) is 5.73 Å². The van der Waals surface area contributed by atoms with E-state index in [1.54, 1.807) is 11.3 Å². The third-order valence-corrected chi connectivity index (χ3v) is 5.34. The van der Waals surface area contributed by atoms with Crippen LogP contribution in [0.3, 0.4) is 0 Å². The van der Waals surface area contributed by atoms with E-state index in [0.29, 0.717) is 11.9 Å². The van der Waals surface area contributed by atoms with E-state index >= 15 is 0 Å². The molecule has 1 saturated heterocycles. The molecule has 5 nitrogen and oxygen atoms in total. The summed E-state index contributed by atoms with van der Waals surface area (Å²) in [5.74, 6) is 0.599. The van der Waals surface area contributed by atoms with Gasteiger partial charge in [0.1, 0.15) is 10.8 Å². The van der Waals surface area contributed by atoms with Gasteiger partial charge in [-0.15, -0.1) is 11.3 Å². The van der Waals surface area contributed by atoms with E-state index in [2.05, 4.69) is 38.5 Å². The van der Waals surface area contributed by atoms with Crippen molar-refractivity contribution < 1.29 is 0 Å². The highest BCUT2D eigenvalue weighted by Gasteiger charge is 2.27. The van der Waals surface area contributed by atoms with Crippen LogP contribution in [0.2, 0.25) is 0 Å². The molecule has 3 rings (SSSR count). The minimum atomic E-state index is 0.465. The normalized spacial score (nSPS) is 20.6. The number of nitrogen functional groups attached to an aromatic ring is 1. The van der Waals surface area contributed by atoms with Gasteiger partial charge in [0.2, 0.25) is 0 Å². The summed E-state index contributed by atoms with van der Waals surface area (Å²) in [7, 11) is 2.17. The van der Waals surface area contributed by atoms with E-state index in [9.17, 15) is 0 Å². The van der Waals surface area contributed by atoms with Crippen molar-refractivity contribution >= 4 is 33.7 Å². The Morgan fingerprint density at radius 2 is 2.20 bits per heavy atom. The van der Waals surface area contributed by atoms with Crippen LogP contribution >= 0.6 is 22.9 Å². The minimum absolute atomic E-state index is 0.465. The van der Waals surface area contributed by atoms with E-state index in [-0.39, 0.29) is 0 Å². The molecule has 3 heterocycles. The molecule has 108 valence electrons. The Kier molecular flexibility index (Phi) is 3.66. The number of nitrogens with zero attached hydrogens (tertiary/aromatic N) is 4. The number of hydrogen-bond acceptors (Lipinski definition) is 7. The number of hydrogen-bond donors (Lipinski definition) is 1. The van der Waals surface area contributed by atoms with Gasteiger partial charge < -0.3 is 15.5 Å². The minimum Gasteiger partial charge on any atom is -0.382 e. The van der Waals surface area contributed by atoms with Gasteiger partial charge in [-0.25, -0.2) is 4.98 Å². The van der Waals surface area contributed by atoms with Crippen LogP contribution in [0.4, 0.5) is 10.8 Å². The zero-order chi connectivity index (χ0) is 14.3. The predicted molar refractivity (Wildman–Crippen MR) is 86.7 cm³/mol. The lowest BCUT2D eigenvalue weighted by Gasteiger charge is -2.39. The van der Waals surface area contributed by atoms with Crippen molar-refractivity contribution in [2.45, 2.75) is 19.9 Å². The molecule has 0 amide bonds. The highest BCUT2D eigenvalue weighted by Crippen LogP contribution is 2.40. The molecule has 2 aromatic rings. The Bertz CT molecular complexity index is 606. The van der Waals surface area contributed by atoms with Crippen LogP contribution in [0.5, 0.6) is 0 Å². The number of likely N-dealkylation sites (N-methyl/N-ethyl adjacent to an activating group) is 1. The third kappa shape index (κ3) is 2.41. The largest absolute Gasteiger partial charge is 0.382 e. The summed E-state index contributed by atoms with van der Waals surface area (Å²) >= 11 is 3.14. The SMILES string of the molecule is Cc1nc(-c2c(N)nsc2N2CCN(C)CC2C)cs1. The summed E-state index contributed by atoms with van der Waals surface area (Å²) < 4.78 is 4.36. The summed E-state index contributed by atoms with van der Waals surface area (Å²) in [4.78, 5) is 9.35. The molecule has 1 atom stereocenters. The van der Waals surface area contributed by atoms with E-state index in [1.807, 2.05) is 6.92 Å². The van der Waals surface area contributed by atoms with Gasteiger partial charge in [0.05, 0.1) is 16.3 Å². The van der Waals surface area contributed by atoms with Crippen molar-refractivity contribution in [3.63, 3.8) is 0 Å². The fraction of sp³-hybridized carbons (Fsp3) is 0.538. The molecule has 0 aliphatic carbocycles. The summed E-state index contributed by atoms with van der Waals surface area (Å²) in [6, 6.07) is 0.465. The summed E-state index contributed by atoms with van der Waals surface area (Å²) in [5, 5.41) is 4.29. The summed E-state index contributed by atoms with van der Waals surface area (Å²) in [6.07, 6.45) is 0. The van der Waals surface area contributed by atoms with Crippen LogP contribution in [-0.2, 0) is 0 Å². The lowest BCUT2D eigenvalue weighted by atomic mass is 10.1. The van der Waals surface area contributed by atoms with E-state index in [0.717, 1.165) is 40.9 Å². The fourth-order valence-electron chi connectivity index (χ4n) is 2.65. The lowest BCUT2D eigenvalue weighted by Crippen LogP contribution is -2.50. The zero-order valence-corrected chi connectivity index (χ0v) is 13.6. The molecule has 0 saturated carbocycles. The highest BCUT2D eigenvalue weighted by molar-refractivity contribution is 7.11. The molecule has 0 aromatic carbocycles.